The van der Waals surface area contributed by atoms with Gasteiger partial charge in [-0.05, 0) is 12.1 Å². The van der Waals surface area contributed by atoms with E-state index in [9.17, 15) is 4.79 Å². The molecule has 98 valence electrons. The Bertz CT molecular complexity index is 422. The van der Waals surface area contributed by atoms with Gasteiger partial charge >= 0.3 is 0 Å². The highest BCUT2D eigenvalue weighted by molar-refractivity contribution is 5.97. The molecule has 1 aromatic carbocycles. The predicted octanol–water partition coefficient (Wildman–Crippen LogP) is 0.776. The predicted molar refractivity (Wildman–Crippen MR) is 68.8 cm³/mol. The number of nitrogens with zero attached hydrogens (tertiary/aromatic N) is 1. The number of benzene rings is 1. The highest BCUT2D eigenvalue weighted by atomic mass is 16.5. The monoisotopic (exact) mass is 250 g/mol. The SMILES string of the molecule is COCCOc1ccccc1N1CC(N)CC1=O. The quantitative estimate of drug-likeness (QED) is 0.784. The van der Waals surface area contributed by atoms with Crippen molar-refractivity contribution < 1.29 is 14.3 Å². The number of hydrogen-bond donors (Lipinski definition) is 1. The molecule has 0 radical (unpaired) electrons. The van der Waals surface area contributed by atoms with Crippen LogP contribution in [0.1, 0.15) is 6.42 Å². The highest BCUT2D eigenvalue weighted by Gasteiger charge is 2.29. The number of ether oxygens (including phenoxy) is 2. The van der Waals surface area contributed by atoms with Gasteiger partial charge in [-0.25, -0.2) is 0 Å². The molecule has 5 nitrogen and oxygen atoms in total. The summed E-state index contributed by atoms with van der Waals surface area (Å²) in [6.07, 6.45) is 0.395. The summed E-state index contributed by atoms with van der Waals surface area (Å²) < 4.78 is 10.6. The van der Waals surface area contributed by atoms with Crippen LogP contribution in [0.2, 0.25) is 0 Å². The lowest BCUT2D eigenvalue weighted by Gasteiger charge is -2.19. The van der Waals surface area contributed by atoms with Crippen LogP contribution in [0.15, 0.2) is 24.3 Å². The van der Waals surface area contributed by atoms with E-state index in [1.165, 1.54) is 0 Å². The lowest BCUT2D eigenvalue weighted by molar-refractivity contribution is -0.117. The van der Waals surface area contributed by atoms with Gasteiger partial charge in [-0.2, -0.15) is 0 Å². The third-order valence-corrected chi connectivity index (χ3v) is 2.86. The molecule has 1 aromatic rings. The van der Waals surface area contributed by atoms with Crippen LogP contribution >= 0.6 is 0 Å². The number of anilines is 1. The second-order valence-corrected chi connectivity index (χ2v) is 4.28. The first kappa shape index (κ1) is 12.9. The first-order valence-electron chi connectivity index (χ1n) is 5.99. The van der Waals surface area contributed by atoms with Gasteiger partial charge in [0.1, 0.15) is 12.4 Å². The van der Waals surface area contributed by atoms with Gasteiger partial charge < -0.3 is 20.1 Å². The molecule has 2 rings (SSSR count). The van der Waals surface area contributed by atoms with E-state index >= 15 is 0 Å². The molecule has 1 unspecified atom stereocenters. The van der Waals surface area contributed by atoms with Crippen LogP contribution in [0.4, 0.5) is 5.69 Å². The number of amides is 1. The zero-order valence-electron chi connectivity index (χ0n) is 10.5. The number of carbonyl (C=O) groups is 1. The maximum Gasteiger partial charge on any atom is 0.228 e. The maximum absolute atomic E-state index is 11.8. The van der Waals surface area contributed by atoms with Crippen LogP contribution in [0, 0.1) is 0 Å². The van der Waals surface area contributed by atoms with Gasteiger partial charge in [-0.1, -0.05) is 12.1 Å². The van der Waals surface area contributed by atoms with Crippen molar-refractivity contribution in [2.45, 2.75) is 12.5 Å². The molecule has 0 aliphatic carbocycles. The zero-order valence-corrected chi connectivity index (χ0v) is 10.5. The third kappa shape index (κ3) is 2.80. The first-order chi connectivity index (χ1) is 8.72. The fourth-order valence-corrected chi connectivity index (χ4v) is 2.01. The van der Waals surface area contributed by atoms with E-state index in [-0.39, 0.29) is 11.9 Å². The molecule has 0 spiro atoms. The van der Waals surface area contributed by atoms with Crippen LogP contribution in [0.3, 0.4) is 0 Å². The number of rotatable bonds is 5. The van der Waals surface area contributed by atoms with Gasteiger partial charge in [0.15, 0.2) is 0 Å². The summed E-state index contributed by atoms with van der Waals surface area (Å²) in [6, 6.07) is 7.40. The Morgan fingerprint density at radius 1 is 1.39 bits per heavy atom. The number of hydrogen-bond acceptors (Lipinski definition) is 4. The van der Waals surface area contributed by atoms with Crippen LogP contribution in [0.5, 0.6) is 5.75 Å². The largest absolute Gasteiger partial charge is 0.489 e. The van der Waals surface area contributed by atoms with Crippen LogP contribution in [0.25, 0.3) is 0 Å². The molecule has 1 aliphatic rings. The smallest absolute Gasteiger partial charge is 0.228 e. The van der Waals surface area contributed by atoms with Crippen molar-refractivity contribution >= 4 is 11.6 Å². The van der Waals surface area contributed by atoms with E-state index in [1.54, 1.807) is 12.0 Å². The average molecular weight is 250 g/mol. The summed E-state index contributed by atoms with van der Waals surface area (Å²) in [5, 5.41) is 0. The number of carbonyl (C=O) groups excluding carboxylic acids is 1. The summed E-state index contributed by atoms with van der Waals surface area (Å²) in [5.74, 6) is 0.738. The topological polar surface area (TPSA) is 64.8 Å². The lowest BCUT2D eigenvalue weighted by atomic mass is 10.2. The minimum atomic E-state index is -0.0930. The van der Waals surface area contributed by atoms with Crippen molar-refractivity contribution in [1.29, 1.82) is 0 Å². The molecule has 2 N–H and O–H groups in total. The summed E-state index contributed by atoms with van der Waals surface area (Å²) >= 11 is 0. The van der Waals surface area contributed by atoms with Gasteiger partial charge in [-0.15, -0.1) is 0 Å². The van der Waals surface area contributed by atoms with Crippen LogP contribution in [-0.2, 0) is 9.53 Å². The second kappa shape index (κ2) is 5.84. The Morgan fingerprint density at radius 3 is 2.83 bits per heavy atom. The number of nitrogens with two attached hydrogens (primary N) is 1. The third-order valence-electron chi connectivity index (χ3n) is 2.86. The molecule has 1 fully saturated rings. The minimum Gasteiger partial charge on any atom is -0.489 e. The normalized spacial score (nSPS) is 19.3. The molecule has 1 amide bonds. The van der Waals surface area contributed by atoms with Gasteiger partial charge in [-0.3, -0.25) is 4.79 Å². The molecule has 0 aromatic heterocycles. The molecule has 1 saturated heterocycles. The molecule has 1 heterocycles. The Kier molecular flexibility index (Phi) is 4.17. The summed E-state index contributed by atoms with van der Waals surface area (Å²) in [5.41, 5.74) is 6.59. The van der Waals surface area contributed by atoms with Crippen LogP contribution < -0.4 is 15.4 Å². The van der Waals surface area contributed by atoms with Crippen molar-refractivity contribution in [3.63, 3.8) is 0 Å². The molecule has 0 bridgehead atoms. The standard InChI is InChI=1S/C13H18N2O3/c1-17-6-7-18-12-5-3-2-4-11(12)15-9-10(14)8-13(15)16/h2-5,10H,6-9,14H2,1H3. The van der Waals surface area contributed by atoms with E-state index in [0.29, 0.717) is 31.9 Å². The molecular formula is C13H18N2O3. The van der Waals surface area contributed by atoms with Gasteiger partial charge in [0.2, 0.25) is 5.91 Å². The van der Waals surface area contributed by atoms with E-state index in [1.807, 2.05) is 24.3 Å². The number of para-hydroxylation sites is 2. The van der Waals surface area contributed by atoms with Gasteiger partial charge in [0.05, 0.1) is 12.3 Å². The Labute approximate surface area is 106 Å². The second-order valence-electron chi connectivity index (χ2n) is 4.28. The van der Waals surface area contributed by atoms with E-state index in [4.69, 9.17) is 15.2 Å². The van der Waals surface area contributed by atoms with Crippen molar-refractivity contribution in [2.24, 2.45) is 5.73 Å². The van der Waals surface area contributed by atoms with Crippen molar-refractivity contribution in [3.8, 4) is 5.75 Å². The summed E-state index contributed by atoms with van der Waals surface area (Å²) in [7, 11) is 1.62. The van der Waals surface area contributed by atoms with Gasteiger partial charge in [0.25, 0.3) is 0 Å². The lowest BCUT2D eigenvalue weighted by Crippen LogP contribution is -2.28. The number of methoxy groups -OCH3 is 1. The van der Waals surface area contributed by atoms with E-state index in [2.05, 4.69) is 0 Å². The van der Waals surface area contributed by atoms with Crippen molar-refractivity contribution in [1.82, 2.24) is 0 Å². The molecule has 0 saturated carbocycles. The molecular weight excluding hydrogens is 232 g/mol. The molecule has 18 heavy (non-hydrogen) atoms. The first-order valence-corrected chi connectivity index (χ1v) is 5.99. The van der Waals surface area contributed by atoms with Crippen molar-refractivity contribution in [3.05, 3.63) is 24.3 Å². The Morgan fingerprint density at radius 2 is 2.17 bits per heavy atom. The van der Waals surface area contributed by atoms with Crippen LogP contribution in [-0.4, -0.2) is 38.8 Å². The molecule has 5 heteroatoms. The maximum atomic E-state index is 11.8. The fourth-order valence-electron chi connectivity index (χ4n) is 2.01. The Balaban J connectivity index is 2.14. The fraction of sp³-hybridized carbons (Fsp3) is 0.462. The summed E-state index contributed by atoms with van der Waals surface area (Å²) in [4.78, 5) is 13.5. The summed E-state index contributed by atoms with van der Waals surface area (Å²) in [6.45, 7) is 1.52. The molecule has 1 atom stereocenters. The average Bonchev–Trinajstić information content (AvgIpc) is 2.69. The van der Waals surface area contributed by atoms with E-state index in [0.717, 1.165) is 5.69 Å². The zero-order chi connectivity index (χ0) is 13.0. The molecule has 1 aliphatic heterocycles. The Hall–Kier alpha value is -1.59. The van der Waals surface area contributed by atoms with Gasteiger partial charge in [0, 0.05) is 26.1 Å². The van der Waals surface area contributed by atoms with E-state index < -0.39 is 0 Å². The highest BCUT2D eigenvalue weighted by Crippen LogP contribution is 2.30. The van der Waals surface area contributed by atoms with Crippen molar-refractivity contribution in [2.75, 3.05) is 31.8 Å². The minimum absolute atomic E-state index is 0.0466.